The third-order valence-electron chi connectivity index (χ3n) is 6.96. The number of ether oxygens (including phenoxy) is 1. The highest BCUT2D eigenvalue weighted by atomic mass is 32.2. The van der Waals surface area contributed by atoms with E-state index in [0.29, 0.717) is 6.04 Å². The fourth-order valence-corrected chi connectivity index (χ4v) is 6.00. The molecule has 5 rings (SSSR count). The number of imidazole rings is 1. The first-order valence-corrected chi connectivity index (χ1v) is 13.5. The van der Waals surface area contributed by atoms with Crippen LogP contribution >= 0.6 is 11.8 Å². The van der Waals surface area contributed by atoms with Crippen LogP contribution in [-0.2, 0) is 4.74 Å². The van der Waals surface area contributed by atoms with Crippen molar-refractivity contribution in [1.29, 1.82) is 0 Å². The van der Waals surface area contributed by atoms with Crippen molar-refractivity contribution in [2.75, 3.05) is 32.4 Å². The number of nitrogens with one attached hydrogen (secondary N) is 2. The summed E-state index contributed by atoms with van der Waals surface area (Å²) in [6.45, 7) is 3.35. The number of hydrogen-bond acceptors (Lipinski definition) is 5. The average molecular weight is 465 g/mol. The molecule has 2 unspecified atom stereocenters. The van der Waals surface area contributed by atoms with Crippen LogP contribution in [0.5, 0.6) is 0 Å². The van der Waals surface area contributed by atoms with E-state index >= 15 is 0 Å². The van der Waals surface area contributed by atoms with E-state index in [1.807, 2.05) is 17.8 Å². The Bertz CT molecular complexity index is 991. The molecular weight excluding hydrogens is 428 g/mol. The number of benzene rings is 2. The number of thioether (sulfide) groups is 1. The van der Waals surface area contributed by atoms with E-state index in [-0.39, 0.29) is 12.2 Å². The average Bonchev–Trinajstić information content (AvgIpc) is 3.28. The fraction of sp³-hybridized carbons (Fsp3) is 0.519. The lowest BCUT2D eigenvalue weighted by molar-refractivity contribution is -0.0264. The van der Waals surface area contributed by atoms with Crippen LogP contribution in [0.3, 0.4) is 0 Å². The largest absolute Gasteiger partial charge is 0.362 e. The predicted octanol–water partition coefficient (Wildman–Crippen LogP) is 5.39. The molecule has 1 aromatic heterocycles. The number of para-hydroxylation sites is 2. The Hall–Kier alpha value is -1.86. The standard InChI is InChI=1S/C27H36N4OS/c1-31-16-12-22(13-17-31)32-26(27-29-24-10-2-3-11-25(24)30-27)20-7-6-9-23(19-20)33-18-14-21-8-4-5-15-28-21/h2-3,6-7,9-11,19,21-22,26,28H,4-5,8,12-18H2,1H3,(H,29,30). The van der Waals surface area contributed by atoms with Crippen LogP contribution in [0.1, 0.15) is 56.0 Å². The third kappa shape index (κ3) is 5.99. The zero-order valence-corrected chi connectivity index (χ0v) is 20.4. The lowest BCUT2D eigenvalue weighted by Crippen LogP contribution is -2.35. The van der Waals surface area contributed by atoms with Crippen molar-refractivity contribution in [3.63, 3.8) is 0 Å². The number of aromatic amines is 1. The van der Waals surface area contributed by atoms with Crippen LogP contribution in [0, 0.1) is 0 Å². The van der Waals surface area contributed by atoms with E-state index in [9.17, 15) is 0 Å². The predicted molar refractivity (Wildman–Crippen MR) is 137 cm³/mol. The molecule has 2 atom stereocenters. The maximum atomic E-state index is 6.76. The van der Waals surface area contributed by atoms with E-state index in [0.717, 1.165) is 48.5 Å². The molecule has 2 aliphatic heterocycles. The summed E-state index contributed by atoms with van der Waals surface area (Å²) in [7, 11) is 2.19. The number of piperidine rings is 2. The van der Waals surface area contributed by atoms with Crippen molar-refractivity contribution >= 4 is 22.8 Å². The molecule has 5 nitrogen and oxygen atoms in total. The summed E-state index contributed by atoms with van der Waals surface area (Å²) in [6, 6.07) is 17.8. The highest BCUT2D eigenvalue weighted by Gasteiger charge is 2.26. The molecule has 0 spiro atoms. The molecule has 3 aromatic rings. The van der Waals surface area contributed by atoms with Crippen LogP contribution in [0.4, 0.5) is 0 Å². The molecule has 2 saturated heterocycles. The minimum atomic E-state index is -0.175. The van der Waals surface area contributed by atoms with Gasteiger partial charge in [0.25, 0.3) is 0 Å². The Balaban J connectivity index is 1.33. The lowest BCUT2D eigenvalue weighted by atomic mass is 10.0. The molecule has 0 bridgehead atoms. The number of hydrogen-bond donors (Lipinski definition) is 2. The minimum Gasteiger partial charge on any atom is -0.362 e. The van der Waals surface area contributed by atoms with Gasteiger partial charge in [-0.2, -0.15) is 0 Å². The van der Waals surface area contributed by atoms with E-state index in [1.165, 1.54) is 42.7 Å². The second-order valence-corrected chi connectivity index (χ2v) is 10.7. The first-order chi connectivity index (χ1) is 16.2. The van der Waals surface area contributed by atoms with Crippen LogP contribution < -0.4 is 5.32 Å². The maximum Gasteiger partial charge on any atom is 0.141 e. The van der Waals surface area contributed by atoms with Crippen molar-refractivity contribution in [2.45, 2.75) is 61.7 Å². The first-order valence-electron chi connectivity index (χ1n) is 12.5. The number of aromatic nitrogens is 2. The van der Waals surface area contributed by atoms with E-state index in [1.54, 1.807) is 0 Å². The van der Waals surface area contributed by atoms with E-state index in [4.69, 9.17) is 9.72 Å². The number of nitrogens with zero attached hydrogens (tertiary/aromatic N) is 2. The molecule has 6 heteroatoms. The summed E-state index contributed by atoms with van der Waals surface area (Å²) in [5.74, 6) is 2.05. The van der Waals surface area contributed by atoms with E-state index in [2.05, 4.69) is 64.7 Å². The third-order valence-corrected chi connectivity index (χ3v) is 7.99. The Labute approximate surface area is 201 Å². The zero-order valence-electron chi connectivity index (χ0n) is 19.6. The number of H-pyrrole nitrogens is 1. The van der Waals surface area contributed by atoms with Crippen LogP contribution in [0.25, 0.3) is 11.0 Å². The second-order valence-electron chi connectivity index (χ2n) is 9.51. The number of likely N-dealkylation sites (tertiary alicyclic amines) is 1. The molecule has 0 amide bonds. The Kier molecular flexibility index (Phi) is 7.67. The van der Waals surface area contributed by atoms with Gasteiger partial charge < -0.3 is 19.9 Å². The van der Waals surface area contributed by atoms with Gasteiger partial charge in [0.15, 0.2) is 0 Å². The van der Waals surface area contributed by atoms with Gasteiger partial charge in [-0.05, 0) is 81.3 Å². The minimum absolute atomic E-state index is 0.175. The Morgan fingerprint density at radius 3 is 2.79 bits per heavy atom. The summed E-state index contributed by atoms with van der Waals surface area (Å²) in [5, 5.41) is 3.67. The highest BCUT2D eigenvalue weighted by Crippen LogP contribution is 2.32. The van der Waals surface area contributed by atoms with Gasteiger partial charge in [0.1, 0.15) is 11.9 Å². The Morgan fingerprint density at radius 1 is 1.09 bits per heavy atom. The molecule has 0 aliphatic carbocycles. The maximum absolute atomic E-state index is 6.76. The lowest BCUT2D eigenvalue weighted by Gasteiger charge is -2.31. The smallest absolute Gasteiger partial charge is 0.141 e. The van der Waals surface area contributed by atoms with Crippen LogP contribution in [0.2, 0.25) is 0 Å². The van der Waals surface area contributed by atoms with E-state index < -0.39 is 0 Å². The van der Waals surface area contributed by atoms with Crippen LogP contribution in [-0.4, -0.2) is 59.4 Å². The van der Waals surface area contributed by atoms with Crippen molar-refractivity contribution < 1.29 is 4.74 Å². The summed E-state index contributed by atoms with van der Waals surface area (Å²) < 4.78 is 6.76. The van der Waals surface area contributed by atoms with Gasteiger partial charge in [0.05, 0.1) is 17.1 Å². The quantitative estimate of drug-likeness (QED) is 0.438. The van der Waals surface area contributed by atoms with Gasteiger partial charge in [-0.15, -0.1) is 11.8 Å². The van der Waals surface area contributed by atoms with Crippen molar-refractivity contribution in [3.8, 4) is 0 Å². The molecule has 2 aromatic carbocycles. The topological polar surface area (TPSA) is 53.2 Å². The van der Waals surface area contributed by atoms with Crippen molar-refractivity contribution in [1.82, 2.24) is 20.2 Å². The summed E-state index contributed by atoms with van der Waals surface area (Å²) in [5.41, 5.74) is 3.25. The molecule has 3 heterocycles. The normalized spacial score (nSPS) is 21.4. The van der Waals surface area contributed by atoms with Gasteiger partial charge >= 0.3 is 0 Å². The highest BCUT2D eigenvalue weighted by molar-refractivity contribution is 7.99. The fourth-order valence-electron chi connectivity index (χ4n) is 4.97. The molecule has 2 aliphatic rings. The molecule has 0 radical (unpaired) electrons. The van der Waals surface area contributed by atoms with Gasteiger partial charge in [0, 0.05) is 24.0 Å². The van der Waals surface area contributed by atoms with Crippen molar-refractivity contribution in [2.24, 2.45) is 0 Å². The van der Waals surface area contributed by atoms with Gasteiger partial charge in [0.2, 0.25) is 0 Å². The zero-order chi connectivity index (χ0) is 22.5. The molecule has 176 valence electrons. The van der Waals surface area contributed by atoms with Gasteiger partial charge in [-0.1, -0.05) is 30.7 Å². The van der Waals surface area contributed by atoms with Gasteiger partial charge in [-0.25, -0.2) is 4.98 Å². The van der Waals surface area contributed by atoms with Crippen molar-refractivity contribution in [3.05, 3.63) is 59.9 Å². The summed E-state index contributed by atoms with van der Waals surface area (Å²) >= 11 is 1.96. The summed E-state index contributed by atoms with van der Waals surface area (Å²) in [4.78, 5) is 12.2. The Morgan fingerprint density at radius 2 is 1.97 bits per heavy atom. The molecule has 0 saturated carbocycles. The first kappa shape index (κ1) is 22.9. The number of rotatable bonds is 8. The monoisotopic (exact) mass is 464 g/mol. The summed E-state index contributed by atoms with van der Waals surface area (Å²) in [6.07, 6.45) is 7.45. The molecule has 33 heavy (non-hydrogen) atoms. The SMILES string of the molecule is CN1CCC(OC(c2cccc(SCCC3CCCCN3)c2)c2nc3ccccc3[nH]2)CC1. The second kappa shape index (κ2) is 11.0. The molecular formula is C27H36N4OS. The number of fused-ring (bicyclic) bond motifs is 1. The van der Waals surface area contributed by atoms with Crippen LogP contribution in [0.15, 0.2) is 53.4 Å². The van der Waals surface area contributed by atoms with Gasteiger partial charge in [-0.3, -0.25) is 0 Å². The molecule has 2 fully saturated rings. The molecule has 2 N–H and O–H groups in total.